The second-order valence-electron chi connectivity index (χ2n) is 5.17. The highest BCUT2D eigenvalue weighted by molar-refractivity contribution is 6.32. The molecule has 0 saturated heterocycles. The average Bonchev–Trinajstić information content (AvgIpc) is 2.61. The molecule has 2 aromatic rings. The third-order valence-electron chi connectivity index (χ3n) is 3.54. The van der Waals surface area contributed by atoms with Crippen LogP contribution in [0.25, 0.3) is 0 Å². The van der Waals surface area contributed by atoms with Gasteiger partial charge in [0.15, 0.2) is 17.3 Å². The van der Waals surface area contributed by atoms with Gasteiger partial charge in [-0.05, 0) is 36.4 Å². The third kappa shape index (κ3) is 3.36. The van der Waals surface area contributed by atoms with Crippen molar-refractivity contribution in [3.8, 4) is 17.2 Å². The smallest absolute Gasteiger partial charge is 0.343 e. The fourth-order valence-electron chi connectivity index (χ4n) is 2.31. The third-order valence-corrected chi connectivity index (χ3v) is 3.82. The van der Waals surface area contributed by atoms with E-state index in [1.165, 1.54) is 12.1 Å². The van der Waals surface area contributed by atoms with E-state index in [0.717, 1.165) is 0 Å². The van der Waals surface area contributed by atoms with Crippen LogP contribution in [-0.2, 0) is 0 Å². The largest absolute Gasteiger partial charge is 0.486 e. The molecule has 1 heterocycles. The topological polar surface area (TPSA) is 61.8 Å². The van der Waals surface area contributed by atoms with Crippen molar-refractivity contribution >= 4 is 23.4 Å². The molecule has 3 rings (SSSR count). The first-order valence-corrected chi connectivity index (χ1v) is 7.91. The zero-order valence-electron chi connectivity index (χ0n) is 13.0. The van der Waals surface area contributed by atoms with Crippen LogP contribution < -0.4 is 14.2 Å². The van der Waals surface area contributed by atoms with Crippen molar-refractivity contribution in [2.45, 2.75) is 13.3 Å². The number of Topliss-reactive ketones (excluding diaryl/α,β-unsaturated/α-hetero) is 1. The van der Waals surface area contributed by atoms with E-state index < -0.39 is 5.97 Å². The van der Waals surface area contributed by atoms with Crippen molar-refractivity contribution in [2.75, 3.05) is 13.2 Å². The van der Waals surface area contributed by atoms with Crippen LogP contribution in [0.1, 0.15) is 34.1 Å². The Morgan fingerprint density at radius 2 is 1.79 bits per heavy atom. The molecule has 6 heteroatoms. The SMILES string of the molecule is CCC(=O)c1ccc(OC(=O)c2cc(Cl)c3c(c2)OCCO3)cc1. The Balaban J connectivity index is 1.77. The molecule has 0 amide bonds. The minimum atomic E-state index is -0.566. The van der Waals surface area contributed by atoms with Crippen molar-refractivity contribution in [1.82, 2.24) is 0 Å². The number of fused-ring (bicyclic) bond motifs is 1. The molecule has 1 aliphatic heterocycles. The molecular formula is C18H15ClO5. The standard InChI is InChI=1S/C18H15ClO5/c1-2-15(20)11-3-5-13(6-4-11)24-18(21)12-9-14(19)17-16(10-12)22-7-8-23-17/h3-6,9-10H,2,7-8H2,1H3. The first kappa shape index (κ1) is 16.3. The summed E-state index contributed by atoms with van der Waals surface area (Å²) in [6.45, 7) is 2.61. The molecule has 0 bridgehead atoms. The van der Waals surface area contributed by atoms with Gasteiger partial charge in [-0.25, -0.2) is 4.79 Å². The van der Waals surface area contributed by atoms with Crippen LogP contribution >= 0.6 is 11.6 Å². The quantitative estimate of drug-likeness (QED) is 0.477. The monoisotopic (exact) mass is 346 g/mol. The van der Waals surface area contributed by atoms with E-state index in [0.29, 0.717) is 47.5 Å². The number of halogens is 1. The molecule has 1 aliphatic rings. The number of carbonyl (C=O) groups excluding carboxylic acids is 2. The van der Waals surface area contributed by atoms with Gasteiger partial charge in [-0.2, -0.15) is 0 Å². The Bertz CT molecular complexity index is 783. The predicted octanol–water partition coefficient (Wildman–Crippen LogP) is 3.92. The van der Waals surface area contributed by atoms with Crippen molar-refractivity contribution in [3.05, 3.63) is 52.5 Å². The second-order valence-corrected chi connectivity index (χ2v) is 5.58. The van der Waals surface area contributed by atoms with Crippen LogP contribution in [0.3, 0.4) is 0 Å². The highest BCUT2D eigenvalue weighted by atomic mass is 35.5. The minimum absolute atomic E-state index is 0.0338. The summed E-state index contributed by atoms with van der Waals surface area (Å²) >= 11 is 6.12. The fraction of sp³-hybridized carbons (Fsp3) is 0.222. The average molecular weight is 347 g/mol. The maximum atomic E-state index is 12.3. The lowest BCUT2D eigenvalue weighted by atomic mass is 10.1. The van der Waals surface area contributed by atoms with Crippen molar-refractivity contribution < 1.29 is 23.8 Å². The maximum Gasteiger partial charge on any atom is 0.343 e. The maximum absolute atomic E-state index is 12.3. The van der Waals surface area contributed by atoms with Crippen LogP contribution in [0.4, 0.5) is 0 Å². The van der Waals surface area contributed by atoms with Crippen LogP contribution in [0.2, 0.25) is 5.02 Å². The van der Waals surface area contributed by atoms with Gasteiger partial charge in [0, 0.05) is 12.0 Å². The number of carbonyl (C=O) groups is 2. The number of ketones is 1. The number of esters is 1. The van der Waals surface area contributed by atoms with Gasteiger partial charge < -0.3 is 14.2 Å². The number of hydrogen-bond acceptors (Lipinski definition) is 5. The van der Waals surface area contributed by atoms with Gasteiger partial charge in [-0.15, -0.1) is 0 Å². The molecule has 0 aromatic heterocycles. The Morgan fingerprint density at radius 3 is 2.50 bits per heavy atom. The first-order chi connectivity index (χ1) is 11.6. The van der Waals surface area contributed by atoms with Gasteiger partial charge in [0.2, 0.25) is 0 Å². The molecule has 0 saturated carbocycles. The highest BCUT2D eigenvalue weighted by Crippen LogP contribution is 2.38. The van der Waals surface area contributed by atoms with Gasteiger partial charge in [0.05, 0.1) is 10.6 Å². The Hall–Kier alpha value is -2.53. The number of ether oxygens (including phenoxy) is 3. The lowest BCUT2D eigenvalue weighted by Crippen LogP contribution is -2.17. The fourth-order valence-corrected chi connectivity index (χ4v) is 2.57. The summed E-state index contributed by atoms with van der Waals surface area (Å²) in [4.78, 5) is 23.9. The summed E-state index contributed by atoms with van der Waals surface area (Å²) in [6, 6.07) is 9.45. The van der Waals surface area contributed by atoms with E-state index in [-0.39, 0.29) is 11.3 Å². The van der Waals surface area contributed by atoms with Crippen LogP contribution in [0.5, 0.6) is 17.2 Å². The molecule has 0 atom stereocenters. The molecule has 0 unspecified atom stereocenters. The second kappa shape index (κ2) is 6.93. The van der Waals surface area contributed by atoms with Gasteiger partial charge in [-0.3, -0.25) is 4.79 Å². The summed E-state index contributed by atoms with van der Waals surface area (Å²) in [5.41, 5.74) is 0.845. The number of benzene rings is 2. The minimum Gasteiger partial charge on any atom is -0.486 e. The molecule has 124 valence electrons. The molecule has 0 fully saturated rings. The molecule has 0 N–H and O–H groups in total. The highest BCUT2D eigenvalue weighted by Gasteiger charge is 2.20. The zero-order valence-corrected chi connectivity index (χ0v) is 13.8. The molecule has 0 radical (unpaired) electrons. The van der Waals surface area contributed by atoms with Gasteiger partial charge in [0.25, 0.3) is 0 Å². The molecule has 24 heavy (non-hydrogen) atoms. The summed E-state index contributed by atoms with van der Waals surface area (Å²) in [5, 5.41) is 0.294. The Labute approximate surface area is 144 Å². The lowest BCUT2D eigenvalue weighted by molar-refractivity contribution is 0.0733. The van der Waals surface area contributed by atoms with E-state index in [9.17, 15) is 9.59 Å². The van der Waals surface area contributed by atoms with Crippen molar-refractivity contribution in [1.29, 1.82) is 0 Å². The molecule has 0 aliphatic carbocycles. The summed E-state index contributed by atoms with van der Waals surface area (Å²) in [7, 11) is 0. The van der Waals surface area contributed by atoms with E-state index in [4.69, 9.17) is 25.8 Å². The Morgan fingerprint density at radius 1 is 1.08 bits per heavy atom. The van der Waals surface area contributed by atoms with Crippen LogP contribution in [0.15, 0.2) is 36.4 Å². The zero-order chi connectivity index (χ0) is 17.1. The number of hydrogen-bond donors (Lipinski definition) is 0. The van der Waals surface area contributed by atoms with E-state index in [1.54, 1.807) is 31.2 Å². The van der Waals surface area contributed by atoms with Gasteiger partial charge in [-0.1, -0.05) is 18.5 Å². The van der Waals surface area contributed by atoms with Crippen LogP contribution in [-0.4, -0.2) is 25.0 Å². The molecular weight excluding hydrogens is 332 g/mol. The van der Waals surface area contributed by atoms with E-state index in [1.807, 2.05) is 0 Å². The van der Waals surface area contributed by atoms with Gasteiger partial charge >= 0.3 is 5.97 Å². The predicted molar refractivity (Wildman–Crippen MR) is 88.5 cm³/mol. The summed E-state index contributed by atoms with van der Waals surface area (Å²) in [5.74, 6) is 0.667. The lowest BCUT2D eigenvalue weighted by Gasteiger charge is -2.19. The molecule has 2 aromatic carbocycles. The van der Waals surface area contributed by atoms with Crippen molar-refractivity contribution in [3.63, 3.8) is 0 Å². The number of rotatable bonds is 4. The van der Waals surface area contributed by atoms with Gasteiger partial charge in [0.1, 0.15) is 19.0 Å². The summed E-state index contributed by atoms with van der Waals surface area (Å²) in [6.07, 6.45) is 0.425. The first-order valence-electron chi connectivity index (χ1n) is 7.53. The van der Waals surface area contributed by atoms with Crippen molar-refractivity contribution in [2.24, 2.45) is 0 Å². The normalized spacial score (nSPS) is 12.6. The van der Waals surface area contributed by atoms with E-state index in [2.05, 4.69) is 0 Å². The molecule has 0 spiro atoms. The van der Waals surface area contributed by atoms with E-state index >= 15 is 0 Å². The molecule has 5 nitrogen and oxygen atoms in total. The summed E-state index contributed by atoms with van der Waals surface area (Å²) < 4.78 is 16.2. The Kier molecular flexibility index (Phi) is 4.71. The van der Waals surface area contributed by atoms with Crippen LogP contribution in [0, 0.1) is 0 Å².